The third-order valence-corrected chi connectivity index (χ3v) is 9.01. The van der Waals surface area contributed by atoms with Crippen LogP contribution in [0.2, 0.25) is 0 Å². The number of thiophene rings is 1. The zero-order valence-corrected chi connectivity index (χ0v) is 25.2. The van der Waals surface area contributed by atoms with Gasteiger partial charge in [0.15, 0.2) is 0 Å². The Labute approximate surface area is 261 Å². The molecule has 222 valence electrons. The fourth-order valence-corrected chi connectivity index (χ4v) is 6.69. The van der Waals surface area contributed by atoms with Gasteiger partial charge >= 0.3 is 6.18 Å². The topological polar surface area (TPSA) is 88.4 Å². The van der Waals surface area contributed by atoms with E-state index in [-0.39, 0.29) is 21.8 Å². The van der Waals surface area contributed by atoms with Crippen LogP contribution in [0.5, 0.6) is 0 Å². The van der Waals surface area contributed by atoms with Crippen molar-refractivity contribution in [3.8, 4) is 10.6 Å². The number of aryl methyl sites for hydroxylation is 2. The summed E-state index contributed by atoms with van der Waals surface area (Å²) in [7, 11) is 0. The lowest BCUT2D eigenvalue weighted by Crippen LogP contribution is -2.30. The number of benzene rings is 3. The molecule has 0 atom stereocenters. The highest BCUT2D eigenvalue weighted by atomic mass is 32.1. The minimum atomic E-state index is -4.66. The van der Waals surface area contributed by atoms with E-state index in [9.17, 15) is 22.8 Å². The maximum Gasteiger partial charge on any atom is 0.416 e. The molecular formula is C33H20F3N5O2S2. The first kappa shape index (κ1) is 28.7. The minimum Gasteiger partial charge on any atom is -0.302 e. The molecule has 7 nitrogen and oxygen atoms in total. The van der Waals surface area contributed by atoms with Crippen LogP contribution >= 0.6 is 23.1 Å². The predicted octanol–water partition coefficient (Wildman–Crippen LogP) is 7.90. The fourth-order valence-electron chi connectivity index (χ4n) is 5.09. The predicted molar refractivity (Wildman–Crippen MR) is 172 cm³/mol. The molecular weight excluding hydrogens is 620 g/mol. The van der Waals surface area contributed by atoms with Crippen LogP contribution in [-0.4, -0.2) is 13.7 Å². The maximum atomic E-state index is 13.2. The van der Waals surface area contributed by atoms with Gasteiger partial charge in [-0.1, -0.05) is 41.5 Å². The second-order valence-corrected chi connectivity index (χ2v) is 12.1. The van der Waals surface area contributed by atoms with Gasteiger partial charge in [0, 0.05) is 22.1 Å². The molecule has 12 heteroatoms. The smallest absolute Gasteiger partial charge is 0.302 e. The van der Waals surface area contributed by atoms with E-state index >= 15 is 0 Å². The van der Waals surface area contributed by atoms with E-state index in [0.29, 0.717) is 22.8 Å². The van der Waals surface area contributed by atoms with Gasteiger partial charge in [0.05, 0.1) is 28.4 Å². The lowest BCUT2D eigenvalue weighted by molar-refractivity contribution is -0.137. The van der Waals surface area contributed by atoms with Gasteiger partial charge in [-0.25, -0.2) is 4.99 Å². The van der Waals surface area contributed by atoms with E-state index in [1.165, 1.54) is 17.5 Å². The maximum absolute atomic E-state index is 13.2. The van der Waals surface area contributed by atoms with Crippen molar-refractivity contribution < 1.29 is 13.2 Å². The molecule has 0 saturated heterocycles. The monoisotopic (exact) mass is 639 g/mol. The zero-order valence-electron chi connectivity index (χ0n) is 23.6. The van der Waals surface area contributed by atoms with Gasteiger partial charge in [0.1, 0.15) is 32.8 Å². The summed E-state index contributed by atoms with van der Waals surface area (Å²) < 4.78 is 48.5. The minimum absolute atomic E-state index is 0.0358. The molecule has 3 aromatic heterocycles. The summed E-state index contributed by atoms with van der Waals surface area (Å²) in [6, 6.07) is 23.1. The second-order valence-electron chi connectivity index (χ2n) is 10.5. The highest BCUT2D eigenvalue weighted by molar-refractivity contribution is 7.19. The number of pyridine rings is 1. The SMILES string of the molecule is Cc1ccc(N(c2ccc(C)cc2)c2ccc(-c3ncc(/N=c4\c(=O)c(=O)c5cc(C(F)(F)F)ccc45)c4nsnc34)s2)cc1. The molecule has 0 aliphatic rings. The fraction of sp³-hybridized carbons (Fsp3) is 0.0909. The molecule has 0 radical (unpaired) electrons. The molecule has 7 rings (SSSR count). The van der Waals surface area contributed by atoms with Crippen LogP contribution in [0.3, 0.4) is 0 Å². The van der Waals surface area contributed by atoms with Gasteiger partial charge in [-0.3, -0.25) is 14.6 Å². The summed E-state index contributed by atoms with van der Waals surface area (Å²) in [5.41, 5.74) is 2.83. The van der Waals surface area contributed by atoms with Crippen LogP contribution in [0, 0.1) is 13.8 Å². The quantitative estimate of drug-likeness (QED) is 0.178. The number of fused-ring (bicyclic) bond motifs is 2. The number of nitrogens with zero attached hydrogens (tertiary/aromatic N) is 5. The van der Waals surface area contributed by atoms with Crippen LogP contribution in [-0.2, 0) is 6.18 Å². The number of anilines is 3. The van der Waals surface area contributed by atoms with Crippen LogP contribution in [0.25, 0.3) is 32.4 Å². The summed E-state index contributed by atoms with van der Waals surface area (Å²) >= 11 is 2.46. The normalized spacial score (nSPS) is 12.4. The standard InChI is InChI=1S/C33H20F3N5O2S2/c1-17-3-8-20(9-4-17)41(21-10-5-18(2)6-11-21)26-14-13-25(44-26)29-30-28(39-45-40-30)24(16-37-29)38-27-22-12-7-19(33(34,35)36)15-23(22)31(42)32(27)43/h3-16H,1-2H3/b38-27-. The van der Waals surface area contributed by atoms with E-state index in [0.717, 1.165) is 56.2 Å². The molecule has 45 heavy (non-hydrogen) atoms. The Balaban J connectivity index is 1.32. The molecule has 0 N–H and O–H groups in total. The summed E-state index contributed by atoms with van der Waals surface area (Å²) in [5, 5.41) is 0.403. The second kappa shape index (κ2) is 10.8. The van der Waals surface area contributed by atoms with Crippen molar-refractivity contribution in [2.75, 3.05) is 4.90 Å². The third-order valence-electron chi connectivity index (χ3n) is 7.40. The molecule has 4 aromatic carbocycles. The Morgan fingerprint density at radius 2 is 1.40 bits per heavy atom. The van der Waals surface area contributed by atoms with Crippen LogP contribution in [0.4, 0.5) is 35.2 Å². The summed E-state index contributed by atoms with van der Waals surface area (Å²) in [5.74, 6) is 0. The van der Waals surface area contributed by atoms with E-state index in [2.05, 4.69) is 72.2 Å². The average Bonchev–Trinajstić information content (AvgIpc) is 3.76. The molecule has 0 fully saturated rings. The zero-order chi connectivity index (χ0) is 31.5. The summed E-state index contributed by atoms with van der Waals surface area (Å²) in [6.45, 7) is 4.08. The number of rotatable bonds is 5. The van der Waals surface area contributed by atoms with Crippen molar-refractivity contribution in [3.05, 3.63) is 128 Å². The Morgan fingerprint density at radius 3 is 2.04 bits per heavy atom. The molecule has 3 heterocycles. The van der Waals surface area contributed by atoms with Crippen molar-refractivity contribution >= 4 is 66.9 Å². The first-order chi connectivity index (χ1) is 21.6. The van der Waals surface area contributed by atoms with Gasteiger partial charge in [0.2, 0.25) is 5.43 Å². The number of halogens is 3. The Kier molecular flexibility index (Phi) is 6.90. The summed E-state index contributed by atoms with van der Waals surface area (Å²) in [6.07, 6.45) is -3.22. The average molecular weight is 640 g/mol. The van der Waals surface area contributed by atoms with Gasteiger partial charge in [-0.15, -0.1) is 11.3 Å². The molecule has 0 bridgehead atoms. The van der Waals surface area contributed by atoms with Crippen molar-refractivity contribution in [2.45, 2.75) is 20.0 Å². The van der Waals surface area contributed by atoms with Crippen LogP contribution in [0.15, 0.2) is 99.6 Å². The van der Waals surface area contributed by atoms with Gasteiger partial charge < -0.3 is 4.90 Å². The van der Waals surface area contributed by atoms with E-state index in [4.69, 9.17) is 0 Å². The third kappa shape index (κ3) is 5.11. The van der Waals surface area contributed by atoms with Crippen LogP contribution in [0.1, 0.15) is 16.7 Å². The van der Waals surface area contributed by atoms with Crippen molar-refractivity contribution in [2.24, 2.45) is 4.99 Å². The molecule has 7 aromatic rings. The van der Waals surface area contributed by atoms with Crippen LogP contribution < -0.4 is 21.1 Å². The highest BCUT2D eigenvalue weighted by Gasteiger charge is 2.31. The van der Waals surface area contributed by atoms with E-state index < -0.39 is 22.6 Å². The Morgan fingerprint density at radius 1 is 0.756 bits per heavy atom. The number of hydrogen-bond acceptors (Lipinski definition) is 9. The molecule has 0 amide bonds. The first-order valence-electron chi connectivity index (χ1n) is 13.6. The lowest BCUT2D eigenvalue weighted by atomic mass is 10.1. The number of hydrogen-bond donors (Lipinski definition) is 0. The Hall–Kier alpha value is -5.07. The molecule has 0 unspecified atom stereocenters. The van der Waals surface area contributed by atoms with Crippen molar-refractivity contribution in [1.29, 1.82) is 0 Å². The van der Waals surface area contributed by atoms with E-state index in [1.807, 2.05) is 26.0 Å². The van der Waals surface area contributed by atoms with Gasteiger partial charge in [-0.2, -0.15) is 21.9 Å². The highest BCUT2D eigenvalue weighted by Crippen LogP contribution is 2.43. The van der Waals surface area contributed by atoms with Gasteiger partial charge in [0.25, 0.3) is 5.43 Å². The lowest BCUT2D eigenvalue weighted by Gasteiger charge is -2.24. The van der Waals surface area contributed by atoms with Crippen molar-refractivity contribution in [1.82, 2.24) is 13.7 Å². The molecule has 0 saturated carbocycles. The van der Waals surface area contributed by atoms with Gasteiger partial charge in [-0.05, 0) is 62.4 Å². The molecule has 0 aliphatic carbocycles. The summed E-state index contributed by atoms with van der Waals surface area (Å²) in [4.78, 5) is 37.4. The Bertz CT molecular complexity index is 2340. The number of alkyl halides is 3. The first-order valence-corrected chi connectivity index (χ1v) is 15.2. The number of aromatic nitrogens is 3. The molecule has 0 spiro atoms. The van der Waals surface area contributed by atoms with E-state index in [1.54, 1.807) is 0 Å². The molecule has 0 aliphatic heterocycles. The largest absolute Gasteiger partial charge is 0.416 e. The van der Waals surface area contributed by atoms with Crippen molar-refractivity contribution in [3.63, 3.8) is 0 Å².